The molecule has 2 bridgehead atoms. The summed E-state index contributed by atoms with van der Waals surface area (Å²) in [6.45, 7) is 6.04. The van der Waals surface area contributed by atoms with Crippen LogP contribution in [-0.2, 0) is 0 Å². The number of hydrogen-bond acceptors (Lipinski definition) is 6. The van der Waals surface area contributed by atoms with Crippen molar-refractivity contribution in [2.24, 2.45) is 11.8 Å². The van der Waals surface area contributed by atoms with Crippen LogP contribution in [0.25, 0.3) is 0 Å². The lowest BCUT2D eigenvalue weighted by molar-refractivity contribution is 0.0132. The number of benzene rings is 1. The van der Waals surface area contributed by atoms with Crippen LogP contribution in [0.2, 0.25) is 0 Å². The van der Waals surface area contributed by atoms with Gasteiger partial charge in [-0.25, -0.2) is 4.79 Å². The molecule has 2 saturated heterocycles. The van der Waals surface area contributed by atoms with Gasteiger partial charge in [-0.1, -0.05) is 0 Å². The van der Waals surface area contributed by atoms with Crippen molar-refractivity contribution < 1.29 is 19.7 Å². The first-order valence-corrected chi connectivity index (χ1v) is 10.6. The Hall–Kier alpha value is -2.41. The number of carboxylic acid groups (broad SMARTS) is 1. The highest BCUT2D eigenvalue weighted by molar-refractivity contribution is 7.80. The smallest absolute Gasteiger partial charge is 0.413 e. The number of fused-ring (bicyclic) bond motifs is 2. The quantitative estimate of drug-likeness (QED) is 0.657. The van der Waals surface area contributed by atoms with E-state index in [0.29, 0.717) is 41.4 Å². The van der Waals surface area contributed by atoms with Crippen molar-refractivity contribution in [3.8, 4) is 11.8 Å². The summed E-state index contributed by atoms with van der Waals surface area (Å²) in [6, 6.07) is 8.89. The van der Waals surface area contributed by atoms with Crippen LogP contribution in [0.4, 0.5) is 4.79 Å². The van der Waals surface area contributed by atoms with Gasteiger partial charge in [-0.05, 0) is 61.7 Å². The molecule has 2 heterocycles. The SMILES string of the molecule is CCN(C(=O)O)C(=S)N1CC2CC(CN(CC(O)COc3ccc(C#N)cc3)C2)C1. The number of carbonyl (C=O) groups is 1. The Morgan fingerprint density at radius 2 is 1.93 bits per heavy atom. The number of aliphatic hydroxyl groups is 1. The highest BCUT2D eigenvalue weighted by Gasteiger charge is 2.37. The molecule has 1 amide bonds. The number of nitriles is 1. The summed E-state index contributed by atoms with van der Waals surface area (Å²) in [5.41, 5.74) is 0.571. The lowest BCUT2D eigenvalue weighted by atomic mass is 9.84. The van der Waals surface area contributed by atoms with Crippen LogP contribution in [0.3, 0.4) is 0 Å². The molecule has 0 aliphatic carbocycles. The fraction of sp³-hybridized carbons (Fsp3) is 0.571. The van der Waals surface area contributed by atoms with Gasteiger partial charge in [0.1, 0.15) is 18.5 Å². The van der Waals surface area contributed by atoms with E-state index >= 15 is 0 Å². The number of rotatable bonds is 6. The van der Waals surface area contributed by atoms with Crippen LogP contribution in [-0.4, -0.2) is 88.1 Å². The molecule has 0 aromatic heterocycles. The number of aliphatic hydroxyl groups excluding tert-OH is 1. The summed E-state index contributed by atoms with van der Waals surface area (Å²) in [5, 5.41) is 29.0. The molecule has 0 radical (unpaired) electrons. The van der Waals surface area contributed by atoms with Gasteiger partial charge in [-0.3, -0.25) is 9.80 Å². The number of nitrogens with zero attached hydrogens (tertiary/aromatic N) is 4. The Kier molecular flexibility index (Phi) is 7.48. The molecule has 162 valence electrons. The van der Waals surface area contributed by atoms with Crippen molar-refractivity contribution in [3.63, 3.8) is 0 Å². The second-order valence-electron chi connectivity index (χ2n) is 8.00. The van der Waals surface area contributed by atoms with Crippen LogP contribution in [0.5, 0.6) is 5.75 Å². The molecule has 2 aliphatic rings. The average Bonchev–Trinajstić information content (AvgIpc) is 2.72. The summed E-state index contributed by atoms with van der Waals surface area (Å²) < 4.78 is 5.64. The maximum absolute atomic E-state index is 11.4. The maximum Gasteiger partial charge on any atom is 0.413 e. The molecule has 0 saturated carbocycles. The van der Waals surface area contributed by atoms with Crippen LogP contribution in [0.1, 0.15) is 18.9 Å². The second kappa shape index (κ2) is 10.1. The molecule has 1 aromatic rings. The van der Waals surface area contributed by atoms with E-state index in [1.54, 1.807) is 31.2 Å². The minimum Gasteiger partial charge on any atom is -0.491 e. The number of amides is 1. The first-order valence-electron chi connectivity index (χ1n) is 10.2. The van der Waals surface area contributed by atoms with E-state index in [4.69, 9.17) is 22.2 Å². The molecular weight excluding hydrogens is 404 g/mol. The zero-order chi connectivity index (χ0) is 21.7. The van der Waals surface area contributed by atoms with Crippen molar-refractivity contribution in [2.45, 2.75) is 19.4 Å². The molecule has 8 nitrogen and oxygen atoms in total. The second-order valence-corrected chi connectivity index (χ2v) is 8.37. The summed E-state index contributed by atoms with van der Waals surface area (Å²) >= 11 is 5.43. The lowest BCUT2D eigenvalue weighted by Crippen LogP contribution is -2.57. The molecule has 0 spiro atoms. The maximum atomic E-state index is 11.4. The number of piperidine rings is 2. The number of ether oxygens (including phenoxy) is 1. The normalized spacial score (nSPS) is 22.1. The molecule has 3 unspecified atom stereocenters. The molecule has 3 atom stereocenters. The predicted octanol–water partition coefficient (Wildman–Crippen LogP) is 1.84. The topological polar surface area (TPSA) is 100 Å². The zero-order valence-corrected chi connectivity index (χ0v) is 17.9. The number of thiocarbonyl (C=S) groups is 1. The van der Waals surface area contributed by atoms with Gasteiger partial charge in [0.25, 0.3) is 0 Å². The van der Waals surface area contributed by atoms with E-state index < -0.39 is 12.2 Å². The summed E-state index contributed by atoms with van der Waals surface area (Å²) in [5.74, 6) is 1.43. The van der Waals surface area contributed by atoms with Gasteiger partial charge in [0, 0.05) is 39.3 Å². The molecule has 30 heavy (non-hydrogen) atoms. The molecule has 2 aliphatic heterocycles. The van der Waals surface area contributed by atoms with Crippen LogP contribution in [0, 0.1) is 23.2 Å². The first kappa shape index (κ1) is 22.3. The third-order valence-electron chi connectivity index (χ3n) is 5.60. The number of likely N-dealkylation sites (tertiary alicyclic amines) is 2. The van der Waals surface area contributed by atoms with Crippen LogP contribution in [0.15, 0.2) is 24.3 Å². The van der Waals surface area contributed by atoms with Gasteiger partial charge in [0.15, 0.2) is 5.11 Å². The van der Waals surface area contributed by atoms with Crippen molar-refractivity contribution in [3.05, 3.63) is 29.8 Å². The van der Waals surface area contributed by atoms with Gasteiger partial charge < -0.3 is 19.8 Å². The Morgan fingerprint density at radius 3 is 2.47 bits per heavy atom. The fourth-order valence-electron chi connectivity index (χ4n) is 4.38. The summed E-state index contributed by atoms with van der Waals surface area (Å²) in [7, 11) is 0. The van der Waals surface area contributed by atoms with Crippen molar-refractivity contribution in [1.29, 1.82) is 5.26 Å². The monoisotopic (exact) mass is 432 g/mol. The van der Waals surface area contributed by atoms with Crippen LogP contribution >= 0.6 is 12.2 Å². The first-order chi connectivity index (χ1) is 14.4. The molecule has 2 N–H and O–H groups in total. The van der Waals surface area contributed by atoms with Crippen molar-refractivity contribution in [2.75, 3.05) is 45.9 Å². The largest absolute Gasteiger partial charge is 0.491 e. The van der Waals surface area contributed by atoms with E-state index in [1.165, 1.54) is 4.90 Å². The predicted molar refractivity (Wildman–Crippen MR) is 115 cm³/mol. The van der Waals surface area contributed by atoms with E-state index in [9.17, 15) is 15.0 Å². The number of β-amino-alcohol motifs (C(OH)–C–C–N with tert-alkyl or cyclic N) is 1. The van der Waals surface area contributed by atoms with Gasteiger partial charge in [-0.2, -0.15) is 5.26 Å². The Labute approximate surface area is 182 Å². The number of hydrogen-bond donors (Lipinski definition) is 2. The van der Waals surface area contributed by atoms with E-state index in [2.05, 4.69) is 11.0 Å². The van der Waals surface area contributed by atoms with Crippen molar-refractivity contribution >= 4 is 23.4 Å². The molecule has 2 fully saturated rings. The molecule has 1 aromatic carbocycles. The van der Waals surface area contributed by atoms with Gasteiger partial charge >= 0.3 is 6.09 Å². The molecule has 9 heteroatoms. The van der Waals surface area contributed by atoms with Crippen LogP contribution < -0.4 is 4.74 Å². The minimum absolute atomic E-state index is 0.192. The Balaban J connectivity index is 1.47. The van der Waals surface area contributed by atoms with Crippen molar-refractivity contribution in [1.82, 2.24) is 14.7 Å². The highest BCUT2D eigenvalue weighted by atomic mass is 32.1. The van der Waals surface area contributed by atoms with Gasteiger partial charge in [0.05, 0.1) is 11.6 Å². The van der Waals surface area contributed by atoms with Gasteiger partial charge in [0.2, 0.25) is 0 Å². The third-order valence-corrected chi connectivity index (χ3v) is 6.08. The van der Waals surface area contributed by atoms with E-state index in [-0.39, 0.29) is 6.61 Å². The third kappa shape index (κ3) is 5.59. The Bertz CT molecular complexity index is 783. The fourth-order valence-corrected chi connectivity index (χ4v) is 4.74. The van der Waals surface area contributed by atoms with E-state index in [0.717, 1.165) is 32.6 Å². The summed E-state index contributed by atoms with van der Waals surface area (Å²) in [4.78, 5) is 16.9. The molecule has 3 rings (SSSR count). The average molecular weight is 433 g/mol. The summed E-state index contributed by atoms with van der Waals surface area (Å²) in [6.07, 6.45) is -0.517. The molecular formula is C21H28N4O4S. The highest BCUT2D eigenvalue weighted by Crippen LogP contribution is 2.29. The lowest BCUT2D eigenvalue weighted by Gasteiger charge is -2.47. The van der Waals surface area contributed by atoms with Gasteiger partial charge in [-0.15, -0.1) is 0 Å². The van der Waals surface area contributed by atoms with E-state index in [1.807, 2.05) is 4.90 Å². The minimum atomic E-state index is -1.01. The Morgan fingerprint density at radius 1 is 1.30 bits per heavy atom. The zero-order valence-electron chi connectivity index (χ0n) is 17.1. The standard InChI is InChI=1S/C21H28N4O4S/c1-2-25(21(27)28)20(30)24-11-16-7-17(12-24)10-23(9-16)13-18(26)14-29-19-5-3-15(8-22)4-6-19/h3-6,16-18,26H,2,7,9-14H2,1H3,(H,27,28).